The summed E-state index contributed by atoms with van der Waals surface area (Å²) in [5.41, 5.74) is 1.18. The second kappa shape index (κ2) is 8.98. The van der Waals surface area contributed by atoms with Crippen LogP contribution in [0.2, 0.25) is 5.02 Å². The normalized spacial score (nSPS) is 21.3. The molecule has 1 aliphatic heterocycles. The molecule has 1 fully saturated rings. The van der Waals surface area contributed by atoms with Gasteiger partial charge >= 0.3 is 8.38 Å². The molecule has 2 aromatic carbocycles. The Morgan fingerprint density at radius 2 is 2.07 bits per heavy atom. The fraction of sp³-hybridized carbons (Fsp3) is 0.316. The number of hydrogen-bond acceptors (Lipinski definition) is 4. The van der Waals surface area contributed by atoms with Gasteiger partial charge in [-0.15, -0.1) is 0 Å². The van der Waals surface area contributed by atoms with E-state index in [1.807, 2.05) is 6.92 Å². The molecule has 1 saturated heterocycles. The molecule has 3 unspecified atom stereocenters. The summed E-state index contributed by atoms with van der Waals surface area (Å²) in [5.74, 6) is -0.156. The van der Waals surface area contributed by atoms with Crippen LogP contribution < -0.4 is 4.74 Å². The first-order chi connectivity index (χ1) is 12.9. The maximum Gasteiger partial charge on any atom is 0.304 e. The Labute approximate surface area is 163 Å². The van der Waals surface area contributed by atoms with Crippen LogP contribution in [-0.4, -0.2) is 23.9 Å². The van der Waals surface area contributed by atoms with Gasteiger partial charge < -0.3 is 9.94 Å². The highest BCUT2D eigenvalue weighted by Gasteiger charge is 2.36. The molecule has 0 spiro atoms. The number of hydrogen-bond donors (Lipinski definition) is 0. The van der Waals surface area contributed by atoms with Gasteiger partial charge in [0.1, 0.15) is 24.4 Å². The zero-order chi connectivity index (χ0) is 19.4. The van der Waals surface area contributed by atoms with Gasteiger partial charge in [0.05, 0.1) is 11.6 Å². The van der Waals surface area contributed by atoms with Crippen molar-refractivity contribution in [2.45, 2.75) is 31.7 Å². The molecule has 8 heteroatoms. The van der Waals surface area contributed by atoms with Gasteiger partial charge in [-0.3, -0.25) is 0 Å². The fourth-order valence-electron chi connectivity index (χ4n) is 2.78. The minimum absolute atomic E-state index is 0.0909. The largest absolute Gasteiger partial charge is 0.619 e. The van der Waals surface area contributed by atoms with Crippen molar-refractivity contribution in [2.24, 2.45) is 0 Å². The molecule has 144 valence electrons. The summed E-state index contributed by atoms with van der Waals surface area (Å²) >= 11 is 5.77. The van der Waals surface area contributed by atoms with Crippen LogP contribution in [-0.2, 0) is 9.05 Å². The van der Waals surface area contributed by atoms with E-state index in [1.54, 1.807) is 30.3 Å². The van der Waals surface area contributed by atoms with Crippen molar-refractivity contribution in [3.05, 3.63) is 64.1 Å². The Morgan fingerprint density at radius 3 is 2.74 bits per heavy atom. The van der Waals surface area contributed by atoms with Gasteiger partial charge in [-0.1, -0.05) is 17.7 Å². The van der Waals surface area contributed by atoms with Crippen LogP contribution in [0.25, 0.3) is 0 Å². The minimum atomic E-state index is -1.77. The van der Waals surface area contributed by atoms with Crippen molar-refractivity contribution in [3.63, 3.8) is 0 Å². The zero-order valence-electron chi connectivity index (χ0n) is 14.9. The van der Waals surface area contributed by atoms with Crippen molar-refractivity contribution in [1.29, 1.82) is 0 Å². The van der Waals surface area contributed by atoms with E-state index < -0.39 is 14.2 Å². The van der Waals surface area contributed by atoms with Gasteiger partial charge in [0.25, 0.3) is 5.85 Å². The molecule has 0 saturated carbocycles. The summed E-state index contributed by atoms with van der Waals surface area (Å²) in [4.78, 5) is 0. The summed E-state index contributed by atoms with van der Waals surface area (Å²) in [7, 11) is -1.77. The lowest BCUT2D eigenvalue weighted by molar-refractivity contribution is -0.349. The van der Waals surface area contributed by atoms with Gasteiger partial charge in [-0.05, 0) is 42.7 Å². The van der Waals surface area contributed by atoms with Crippen LogP contribution in [0.3, 0.4) is 0 Å². The topological polar surface area (TPSA) is 53.8 Å². The van der Waals surface area contributed by atoms with E-state index in [9.17, 15) is 9.60 Å². The number of nitrogens with zero attached hydrogens (tertiary/aromatic N) is 1. The first kappa shape index (κ1) is 20.0. The molecule has 2 aromatic rings. The van der Waals surface area contributed by atoms with Crippen molar-refractivity contribution in [1.82, 2.24) is 0 Å². The number of ether oxygens (including phenoxy) is 1. The molecular weight excluding hydrogens is 392 g/mol. The van der Waals surface area contributed by atoms with E-state index in [0.29, 0.717) is 22.8 Å². The summed E-state index contributed by atoms with van der Waals surface area (Å²) in [5, 5.41) is 11.3. The molecule has 3 rings (SSSR count). The molecule has 3 atom stereocenters. The molecule has 1 aliphatic rings. The van der Waals surface area contributed by atoms with Gasteiger partial charge in [-0.2, -0.15) is 9.26 Å². The number of halogens is 2. The quantitative estimate of drug-likeness (QED) is 0.209. The van der Waals surface area contributed by atoms with Crippen molar-refractivity contribution in [3.8, 4) is 5.75 Å². The highest BCUT2D eigenvalue weighted by molar-refractivity contribution is 7.47. The van der Waals surface area contributed by atoms with Crippen LogP contribution in [0.5, 0.6) is 5.75 Å². The third kappa shape index (κ3) is 5.17. The molecule has 27 heavy (non-hydrogen) atoms. The van der Waals surface area contributed by atoms with E-state index in [-0.39, 0.29) is 17.0 Å². The molecule has 0 radical (unpaired) electrons. The Hall–Kier alpha value is -1.72. The van der Waals surface area contributed by atoms with Crippen LogP contribution in [0.4, 0.5) is 10.1 Å². The molecule has 0 bridgehead atoms. The first-order valence-electron chi connectivity index (χ1n) is 8.60. The van der Waals surface area contributed by atoms with E-state index in [4.69, 9.17) is 25.4 Å². The monoisotopic (exact) mass is 412 g/mol. The molecule has 1 heterocycles. The third-order valence-electron chi connectivity index (χ3n) is 4.20. The highest BCUT2D eigenvalue weighted by Crippen LogP contribution is 2.51. The lowest BCUT2D eigenvalue weighted by Crippen LogP contribution is -2.13. The predicted molar refractivity (Wildman–Crippen MR) is 106 cm³/mol. The number of benzene rings is 2. The second-order valence-corrected chi connectivity index (χ2v) is 8.60. The third-order valence-corrected chi connectivity index (χ3v) is 6.29. The minimum Gasteiger partial charge on any atom is -0.619 e. The fourth-order valence-corrected chi connectivity index (χ4v) is 4.50. The zero-order valence-corrected chi connectivity index (χ0v) is 16.6. The average Bonchev–Trinajstić information content (AvgIpc) is 2.91. The number of rotatable bonds is 5. The highest BCUT2D eigenvalue weighted by atomic mass is 35.5. The van der Waals surface area contributed by atoms with Crippen LogP contribution in [0.15, 0.2) is 42.5 Å². The molecule has 0 aromatic heterocycles. The van der Waals surface area contributed by atoms with E-state index in [1.165, 1.54) is 12.1 Å². The maximum absolute atomic E-state index is 13.8. The lowest BCUT2D eigenvalue weighted by atomic mass is 10.1. The average molecular weight is 413 g/mol. The molecule has 0 N–H and O–H groups in total. The Morgan fingerprint density at radius 1 is 1.33 bits per heavy atom. The summed E-state index contributed by atoms with van der Waals surface area (Å²) in [6, 6.07) is 11.4. The molecule has 0 aliphatic carbocycles. The van der Waals surface area contributed by atoms with Crippen LogP contribution in [0.1, 0.15) is 31.4 Å². The van der Waals surface area contributed by atoms with Gasteiger partial charge in [0, 0.05) is 19.1 Å². The van der Waals surface area contributed by atoms with Crippen molar-refractivity contribution in [2.75, 3.05) is 6.61 Å². The van der Waals surface area contributed by atoms with Crippen molar-refractivity contribution >= 4 is 32.4 Å². The summed E-state index contributed by atoms with van der Waals surface area (Å²) in [6.45, 7) is 5.75. The standard InChI is InChI=1S/C19H20ClFNO4P/c1-13(25-16-8-6-15(7-9-16)22(2)23)27-24-11-3-4-19(26-27)14-5-10-17(20)18(21)12-14/h5-10,12-13,19H,2-4,11H2,1H3/p+1. The predicted octanol–water partition coefficient (Wildman–Crippen LogP) is 5.66. The van der Waals surface area contributed by atoms with Crippen LogP contribution >= 0.6 is 20.0 Å². The molecule has 5 nitrogen and oxygen atoms in total. The van der Waals surface area contributed by atoms with E-state index in [2.05, 4.69) is 6.72 Å². The SMILES string of the molecule is C=[N+]([O-])c1ccc(OC(C)[PH+]2OCCCC(c3ccc(Cl)c(F)c3)O2)cc1. The Kier molecular flexibility index (Phi) is 6.66. The van der Waals surface area contributed by atoms with Gasteiger partial charge in [0.15, 0.2) is 0 Å². The molecular formula is C19H21ClFNO4P+. The van der Waals surface area contributed by atoms with E-state index in [0.717, 1.165) is 18.4 Å². The second-order valence-electron chi connectivity index (χ2n) is 6.22. The Bertz CT molecular complexity index is 805. The Balaban J connectivity index is 1.68. The van der Waals surface area contributed by atoms with E-state index >= 15 is 0 Å². The smallest absolute Gasteiger partial charge is 0.304 e. The van der Waals surface area contributed by atoms with Crippen LogP contribution in [0, 0.1) is 11.0 Å². The first-order valence-corrected chi connectivity index (χ1v) is 10.4. The summed E-state index contributed by atoms with van der Waals surface area (Å²) in [6.07, 6.45) is 1.29. The van der Waals surface area contributed by atoms with Crippen molar-refractivity contribution < 1.29 is 22.9 Å². The molecule has 0 amide bonds. The maximum atomic E-state index is 13.8. The summed E-state index contributed by atoms with van der Waals surface area (Å²) < 4.78 is 32.3. The van der Waals surface area contributed by atoms with Gasteiger partial charge in [0.2, 0.25) is 5.69 Å². The van der Waals surface area contributed by atoms with Gasteiger partial charge in [-0.25, -0.2) is 8.91 Å². The lowest BCUT2D eigenvalue weighted by Gasteiger charge is -2.19.